The molecule has 0 saturated heterocycles. The fourth-order valence-electron chi connectivity index (χ4n) is 3.39. The van der Waals surface area contributed by atoms with Gasteiger partial charge in [-0.15, -0.1) is 0 Å². The molecule has 0 radical (unpaired) electrons. The molecule has 0 aliphatic heterocycles. The van der Waals surface area contributed by atoms with Crippen molar-refractivity contribution in [2.45, 2.75) is 71.3 Å². The minimum absolute atomic E-state index is 0.155. The smallest absolute Gasteiger partial charge is 0.224 e. The van der Waals surface area contributed by atoms with Crippen LogP contribution in [0.15, 0.2) is 12.1 Å². The Labute approximate surface area is 134 Å². The van der Waals surface area contributed by atoms with E-state index in [0.717, 1.165) is 35.3 Å². The van der Waals surface area contributed by atoms with E-state index >= 15 is 0 Å². The molecule has 1 aromatic rings. The molecule has 1 amide bonds. The molecule has 0 atom stereocenters. The second-order valence-corrected chi connectivity index (χ2v) is 6.53. The summed E-state index contributed by atoms with van der Waals surface area (Å²) in [5, 5.41) is 3.25. The standard InChI is InChI=1S/C19H29NO2/c1-14-11-17(22-3)12-15(2)18(14)13-19(21)20-16-9-7-5-4-6-8-10-16/h11-12,16H,4-10,13H2,1-3H3,(H,20,21). The fraction of sp³-hybridized carbons (Fsp3) is 0.632. The highest BCUT2D eigenvalue weighted by Gasteiger charge is 2.16. The molecule has 0 spiro atoms. The van der Waals surface area contributed by atoms with Crippen molar-refractivity contribution >= 4 is 5.91 Å². The Balaban J connectivity index is 1.96. The number of aryl methyl sites for hydroxylation is 2. The molecule has 1 aromatic carbocycles. The van der Waals surface area contributed by atoms with Crippen molar-refractivity contribution < 1.29 is 9.53 Å². The Morgan fingerprint density at radius 1 is 1.09 bits per heavy atom. The third-order valence-corrected chi connectivity index (χ3v) is 4.71. The predicted molar refractivity (Wildman–Crippen MR) is 90.4 cm³/mol. The first-order chi connectivity index (χ1) is 10.6. The highest BCUT2D eigenvalue weighted by Crippen LogP contribution is 2.22. The van der Waals surface area contributed by atoms with Gasteiger partial charge < -0.3 is 10.1 Å². The lowest BCUT2D eigenvalue weighted by Gasteiger charge is -2.21. The zero-order valence-electron chi connectivity index (χ0n) is 14.2. The number of carbonyl (C=O) groups excluding carboxylic acids is 1. The summed E-state index contributed by atoms with van der Waals surface area (Å²) in [4.78, 5) is 12.4. The molecule has 0 aromatic heterocycles. The number of rotatable bonds is 4. The molecule has 0 heterocycles. The summed E-state index contributed by atoms with van der Waals surface area (Å²) in [6.07, 6.45) is 9.19. The van der Waals surface area contributed by atoms with Gasteiger partial charge in [0.2, 0.25) is 5.91 Å². The molecular formula is C19H29NO2. The Bertz CT molecular complexity index is 479. The maximum atomic E-state index is 12.4. The number of hydrogen-bond donors (Lipinski definition) is 1. The molecule has 2 rings (SSSR count). The average Bonchev–Trinajstić information content (AvgIpc) is 2.45. The van der Waals surface area contributed by atoms with Crippen LogP contribution in [0, 0.1) is 13.8 Å². The number of hydrogen-bond acceptors (Lipinski definition) is 2. The molecule has 1 saturated carbocycles. The molecule has 1 N–H and O–H groups in total. The van der Waals surface area contributed by atoms with Gasteiger partial charge in [-0.3, -0.25) is 4.79 Å². The summed E-state index contributed by atoms with van der Waals surface area (Å²) in [7, 11) is 1.68. The van der Waals surface area contributed by atoms with Gasteiger partial charge in [0.15, 0.2) is 0 Å². The molecule has 1 aliphatic carbocycles. The van der Waals surface area contributed by atoms with Gasteiger partial charge in [-0.05, 0) is 55.5 Å². The molecule has 3 nitrogen and oxygen atoms in total. The van der Waals surface area contributed by atoms with Crippen molar-refractivity contribution in [2.75, 3.05) is 7.11 Å². The number of ether oxygens (including phenoxy) is 1. The SMILES string of the molecule is COc1cc(C)c(CC(=O)NC2CCCCCCC2)c(C)c1. The summed E-state index contributed by atoms with van der Waals surface area (Å²) in [6, 6.07) is 4.38. The molecule has 1 aliphatic rings. The molecule has 1 fully saturated rings. The monoisotopic (exact) mass is 303 g/mol. The Hall–Kier alpha value is -1.51. The molecular weight excluding hydrogens is 274 g/mol. The van der Waals surface area contributed by atoms with E-state index in [1.807, 2.05) is 26.0 Å². The van der Waals surface area contributed by atoms with E-state index in [0.29, 0.717) is 12.5 Å². The maximum Gasteiger partial charge on any atom is 0.224 e. The van der Waals surface area contributed by atoms with E-state index < -0.39 is 0 Å². The van der Waals surface area contributed by atoms with Crippen LogP contribution in [-0.2, 0) is 11.2 Å². The number of methoxy groups -OCH3 is 1. The number of carbonyl (C=O) groups is 1. The topological polar surface area (TPSA) is 38.3 Å². The Morgan fingerprint density at radius 2 is 1.64 bits per heavy atom. The predicted octanol–water partition coefficient (Wildman–Crippen LogP) is 4.08. The quantitative estimate of drug-likeness (QED) is 0.910. The third-order valence-electron chi connectivity index (χ3n) is 4.71. The number of nitrogens with one attached hydrogen (secondary N) is 1. The lowest BCUT2D eigenvalue weighted by atomic mass is 9.95. The molecule has 3 heteroatoms. The highest BCUT2D eigenvalue weighted by molar-refractivity contribution is 5.79. The van der Waals surface area contributed by atoms with Gasteiger partial charge in [0.05, 0.1) is 13.5 Å². The van der Waals surface area contributed by atoms with Crippen LogP contribution in [0.2, 0.25) is 0 Å². The van der Waals surface area contributed by atoms with Crippen LogP contribution in [0.4, 0.5) is 0 Å². The van der Waals surface area contributed by atoms with Gasteiger partial charge in [-0.25, -0.2) is 0 Å². The minimum atomic E-state index is 0.155. The van der Waals surface area contributed by atoms with Crippen LogP contribution in [0.1, 0.15) is 61.6 Å². The third kappa shape index (κ3) is 4.75. The van der Waals surface area contributed by atoms with Crippen LogP contribution < -0.4 is 10.1 Å². The van der Waals surface area contributed by atoms with Gasteiger partial charge in [0, 0.05) is 6.04 Å². The van der Waals surface area contributed by atoms with Crippen LogP contribution in [0.5, 0.6) is 5.75 Å². The first kappa shape index (κ1) is 16.9. The summed E-state index contributed by atoms with van der Waals surface area (Å²) in [6.45, 7) is 4.10. The van der Waals surface area contributed by atoms with Crippen molar-refractivity contribution in [3.05, 3.63) is 28.8 Å². The van der Waals surface area contributed by atoms with Crippen LogP contribution in [-0.4, -0.2) is 19.1 Å². The van der Waals surface area contributed by atoms with Crippen LogP contribution >= 0.6 is 0 Å². The van der Waals surface area contributed by atoms with Crippen molar-refractivity contribution in [2.24, 2.45) is 0 Å². The van der Waals surface area contributed by atoms with E-state index in [1.165, 1.54) is 32.1 Å². The second kappa shape index (κ2) is 8.21. The summed E-state index contributed by atoms with van der Waals surface area (Å²) in [5.74, 6) is 1.01. The number of amides is 1. The van der Waals surface area contributed by atoms with Crippen molar-refractivity contribution in [3.8, 4) is 5.75 Å². The second-order valence-electron chi connectivity index (χ2n) is 6.53. The molecule has 22 heavy (non-hydrogen) atoms. The Kier molecular flexibility index (Phi) is 6.29. The van der Waals surface area contributed by atoms with E-state index in [9.17, 15) is 4.79 Å². The van der Waals surface area contributed by atoms with Crippen molar-refractivity contribution in [1.82, 2.24) is 5.32 Å². The van der Waals surface area contributed by atoms with E-state index in [4.69, 9.17) is 4.74 Å². The van der Waals surface area contributed by atoms with E-state index in [-0.39, 0.29) is 5.91 Å². The number of benzene rings is 1. The zero-order chi connectivity index (χ0) is 15.9. The largest absolute Gasteiger partial charge is 0.497 e. The van der Waals surface area contributed by atoms with Gasteiger partial charge in [-0.1, -0.05) is 32.1 Å². The van der Waals surface area contributed by atoms with Crippen LogP contribution in [0.25, 0.3) is 0 Å². The average molecular weight is 303 g/mol. The van der Waals surface area contributed by atoms with Gasteiger partial charge in [-0.2, -0.15) is 0 Å². The van der Waals surface area contributed by atoms with Gasteiger partial charge in [0.1, 0.15) is 5.75 Å². The minimum Gasteiger partial charge on any atom is -0.497 e. The van der Waals surface area contributed by atoms with Gasteiger partial charge in [0.25, 0.3) is 0 Å². The normalized spacial score (nSPS) is 16.7. The van der Waals surface area contributed by atoms with Gasteiger partial charge >= 0.3 is 0 Å². The molecule has 0 unspecified atom stereocenters. The fourth-order valence-corrected chi connectivity index (χ4v) is 3.39. The first-order valence-corrected chi connectivity index (χ1v) is 8.53. The molecule has 0 bridgehead atoms. The highest BCUT2D eigenvalue weighted by atomic mass is 16.5. The van der Waals surface area contributed by atoms with E-state index in [2.05, 4.69) is 5.32 Å². The summed E-state index contributed by atoms with van der Waals surface area (Å²) in [5.41, 5.74) is 3.39. The lowest BCUT2D eigenvalue weighted by molar-refractivity contribution is -0.121. The Morgan fingerprint density at radius 3 is 2.18 bits per heavy atom. The summed E-state index contributed by atoms with van der Waals surface area (Å²) >= 11 is 0. The lowest BCUT2D eigenvalue weighted by Crippen LogP contribution is -2.36. The maximum absolute atomic E-state index is 12.4. The van der Waals surface area contributed by atoms with Crippen LogP contribution in [0.3, 0.4) is 0 Å². The van der Waals surface area contributed by atoms with E-state index in [1.54, 1.807) is 7.11 Å². The summed E-state index contributed by atoms with van der Waals surface area (Å²) < 4.78 is 5.28. The first-order valence-electron chi connectivity index (χ1n) is 8.53. The zero-order valence-corrected chi connectivity index (χ0v) is 14.2. The molecule has 122 valence electrons. The van der Waals surface area contributed by atoms with Crippen molar-refractivity contribution in [3.63, 3.8) is 0 Å². The van der Waals surface area contributed by atoms with Crippen molar-refractivity contribution in [1.29, 1.82) is 0 Å².